The molecule has 0 atom stereocenters. The molecule has 5 nitrogen and oxygen atoms in total. The molecule has 0 saturated carbocycles. The Kier molecular flexibility index (Phi) is 4.19. The number of benzene rings is 2. The van der Waals surface area contributed by atoms with Crippen LogP contribution in [0.15, 0.2) is 42.5 Å². The van der Waals surface area contributed by atoms with Gasteiger partial charge in [-0.3, -0.25) is 10.1 Å². The largest absolute Gasteiger partial charge is 0.457 e. The van der Waals surface area contributed by atoms with Crippen molar-refractivity contribution < 1.29 is 9.66 Å². The van der Waals surface area contributed by atoms with E-state index in [9.17, 15) is 10.1 Å². The Hall–Kier alpha value is -2.87. The van der Waals surface area contributed by atoms with Crippen LogP contribution in [-0.4, -0.2) is 4.92 Å². The van der Waals surface area contributed by atoms with Crippen molar-refractivity contribution in [2.45, 2.75) is 19.8 Å². The van der Waals surface area contributed by atoms with Crippen LogP contribution in [0.1, 0.15) is 30.9 Å². The number of rotatable bonds is 4. The van der Waals surface area contributed by atoms with E-state index in [2.05, 4.69) is 13.8 Å². The van der Waals surface area contributed by atoms with E-state index in [1.54, 1.807) is 18.2 Å². The van der Waals surface area contributed by atoms with Gasteiger partial charge in [0, 0.05) is 0 Å². The third-order valence-electron chi connectivity index (χ3n) is 3.05. The maximum Gasteiger partial charge on any atom is 0.290 e. The Morgan fingerprint density at radius 1 is 1.19 bits per heavy atom. The second kappa shape index (κ2) is 6.06. The minimum absolute atomic E-state index is 0.0169. The molecule has 0 aliphatic carbocycles. The molecule has 2 aromatic carbocycles. The predicted molar refractivity (Wildman–Crippen MR) is 78.4 cm³/mol. The average Bonchev–Trinajstić information content (AvgIpc) is 2.47. The zero-order valence-electron chi connectivity index (χ0n) is 11.7. The third-order valence-corrected chi connectivity index (χ3v) is 3.05. The highest BCUT2D eigenvalue weighted by Crippen LogP contribution is 2.29. The van der Waals surface area contributed by atoms with E-state index >= 15 is 0 Å². The van der Waals surface area contributed by atoms with Crippen molar-refractivity contribution in [2.24, 2.45) is 0 Å². The van der Waals surface area contributed by atoms with Crippen LogP contribution >= 0.6 is 0 Å². The van der Waals surface area contributed by atoms with Gasteiger partial charge in [0.15, 0.2) is 0 Å². The Bertz CT molecular complexity index is 718. The summed E-state index contributed by atoms with van der Waals surface area (Å²) in [6, 6.07) is 13.6. The zero-order valence-corrected chi connectivity index (χ0v) is 11.7. The van der Waals surface area contributed by atoms with E-state index in [4.69, 9.17) is 10.00 Å². The minimum Gasteiger partial charge on any atom is -0.457 e. The van der Waals surface area contributed by atoms with Gasteiger partial charge in [-0.2, -0.15) is 5.26 Å². The first-order chi connectivity index (χ1) is 10.0. The molecule has 0 aliphatic rings. The van der Waals surface area contributed by atoms with Crippen molar-refractivity contribution >= 4 is 5.69 Å². The van der Waals surface area contributed by atoms with E-state index in [0.29, 0.717) is 17.4 Å². The summed E-state index contributed by atoms with van der Waals surface area (Å²) < 4.78 is 5.65. The highest BCUT2D eigenvalue weighted by atomic mass is 16.6. The fourth-order valence-electron chi connectivity index (χ4n) is 1.89. The first-order valence-corrected chi connectivity index (χ1v) is 6.47. The van der Waals surface area contributed by atoms with E-state index in [1.807, 2.05) is 18.2 Å². The fourth-order valence-corrected chi connectivity index (χ4v) is 1.89. The lowest BCUT2D eigenvalue weighted by atomic mass is 10.0. The molecule has 5 heteroatoms. The van der Waals surface area contributed by atoms with Gasteiger partial charge in [-0.05, 0) is 35.7 Å². The number of nitriles is 1. The molecule has 0 amide bonds. The van der Waals surface area contributed by atoms with Crippen molar-refractivity contribution in [2.75, 3.05) is 0 Å². The van der Waals surface area contributed by atoms with Crippen LogP contribution in [0.2, 0.25) is 0 Å². The molecule has 0 aliphatic heterocycles. The summed E-state index contributed by atoms with van der Waals surface area (Å²) in [4.78, 5) is 10.3. The Labute approximate surface area is 122 Å². The fraction of sp³-hybridized carbons (Fsp3) is 0.188. The van der Waals surface area contributed by atoms with Crippen molar-refractivity contribution in [3.63, 3.8) is 0 Å². The molecule has 0 aromatic heterocycles. The third kappa shape index (κ3) is 3.37. The number of hydrogen-bond acceptors (Lipinski definition) is 4. The molecular weight excluding hydrogens is 268 g/mol. The van der Waals surface area contributed by atoms with E-state index in [1.165, 1.54) is 12.1 Å². The SMILES string of the molecule is CC(C)c1cccc(Oc2ccc(C#N)c([N+](=O)[O-])c2)c1. The summed E-state index contributed by atoms with van der Waals surface area (Å²) in [5, 5.41) is 19.8. The van der Waals surface area contributed by atoms with Crippen LogP contribution in [0, 0.1) is 21.4 Å². The quantitative estimate of drug-likeness (QED) is 0.615. The van der Waals surface area contributed by atoms with Crippen LogP contribution in [0.25, 0.3) is 0 Å². The van der Waals surface area contributed by atoms with Gasteiger partial charge >= 0.3 is 0 Å². The molecule has 0 saturated heterocycles. The summed E-state index contributed by atoms with van der Waals surface area (Å²) in [5.41, 5.74) is 0.883. The number of nitro benzene ring substituents is 1. The van der Waals surface area contributed by atoms with Crippen LogP contribution in [-0.2, 0) is 0 Å². The first-order valence-electron chi connectivity index (χ1n) is 6.47. The molecule has 0 radical (unpaired) electrons. The molecule has 2 rings (SSSR count). The van der Waals surface area contributed by atoms with Gasteiger partial charge in [-0.1, -0.05) is 26.0 Å². The van der Waals surface area contributed by atoms with Gasteiger partial charge < -0.3 is 4.74 Å². The second-order valence-electron chi connectivity index (χ2n) is 4.88. The van der Waals surface area contributed by atoms with Crippen LogP contribution < -0.4 is 4.74 Å². The topological polar surface area (TPSA) is 76.2 Å². The molecular formula is C16H14N2O3. The molecule has 106 valence electrons. The molecule has 0 spiro atoms. The van der Waals surface area contributed by atoms with Gasteiger partial charge in [-0.15, -0.1) is 0 Å². The van der Waals surface area contributed by atoms with Gasteiger partial charge in [0.25, 0.3) is 5.69 Å². The minimum atomic E-state index is -0.587. The van der Waals surface area contributed by atoms with Gasteiger partial charge in [-0.25, -0.2) is 0 Å². The lowest BCUT2D eigenvalue weighted by molar-refractivity contribution is -0.385. The number of nitrogens with zero attached hydrogens (tertiary/aromatic N) is 2. The maximum atomic E-state index is 10.9. The van der Waals surface area contributed by atoms with Crippen LogP contribution in [0.4, 0.5) is 5.69 Å². The molecule has 0 fully saturated rings. The standard InChI is InChI=1S/C16H14N2O3/c1-11(2)12-4-3-5-14(8-12)21-15-7-6-13(10-17)16(9-15)18(19)20/h3-9,11H,1-2H3. The molecule has 21 heavy (non-hydrogen) atoms. The molecule has 2 aromatic rings. The highest BCUT2D eigenvalue weighted by molar-refractivity contribution is 5.53. The summed E-state index contributed by atoms with van der Waals surface area (Å²) in [5.74, 6) is 1.31. The van der Waals surface area contributed by atoms with Crippen molar-refractivity contribution in [3.8, 4) is 17.6 Å². The summed E-state index contributed by atoms with van der Waals surface area (Å²) >= 11 is 0. The summed E-state index contributed by atoms with van der Waals surface area (Å²) in [6.07, 6.45) is 0. The van der Waals surface area contributed by atoms with Crippen molar-refractivity contribution in [1.29, 1.82) is 5.26 Å². The second-order valence-corrected chi connectivity index (χ2v) is 4.88. The predicted octanol–water partition coefficient (Wildman–Crippen LogP) is 4.38. The monoisotopic (exact) mass is 282 g/mol. The maximum absolute atomic E-state index is 10.9. The number of hydrogen-bond donors (Lipinski definition) is 0. The molecule has 0 bridgehead atoms. The summed E-state index contributed by atoms with van der Waals surface area (Å²) in [7, 11) is 0. The van der Waals surface area contributed by atoms with Crippen LogP contribution in [0.5, 0.6) is 11.5 Å². The summed E-state index contributed by atoms with van der Waals surface area (Å²) in [6.45, 7) is 4.15. The van der Waals surface area contributed by atoms with Gasteiger partial charge in [0.1, 0.15) is 23.1 Å². The van der Waals surface area contributed by atoms with Gasteiger partial charge in [0.05, 0.1) is 11.0 Å². The Balaban J connectivity index is 2.32. The van der Waals surface area contributed by atoms with Crippen molar-refractivity contribution in [3.05, 3.63) is 63.7 Å². The molecule has 0 heterocycles. The number of ether oxygens (including phenoxy) is 1. The average molecular weight is 282 g/mol. The normalized spacial score (nSPS) is 10.2. The van der Waals surface area contributed by atoms with E-state index < -0.39 is 4.92 Å². The lowest BCUT2D eigenvalue weighted by Gasteiger charge is -2.09. The van der Waals surface area contributed by atoms with E-state index in [-0.39, 0.29) is 11.3 Å². The Morgan fingerprint density at radius 3 is 2.52 bits per heavy atom. The Morgan fingerprint density at radius 2 is 1.90 bits per heavy atom. The molecule has 0 N–H and O–H groups in total. The van der Waals surface area contributed by atoms with Gasteiger partial charge in [0.2, 0.25) is 0 Å². The van der Waals surface area contributed by atoms with E-state index in [0.717, 1.165) is 5.56 Å². The zero-order chi connectivity index (χ0) is 15.4. The first kappa shape index (κ1) is 14.5. The highest BCUT2D eigenvalue weighted by Gasteiger charge is 2.15. The number of nitro groups is 1. The molecule has 0 unspecified atom stereocenters. The van der Waals surface area contributed by atoms with Crippen LogP contribution in [0.3, 0.4) is 0 Å². The lowest BCUT2D eigenvalue weighted by Crippen LogP contribution is -1.94. The smallest absolute Gasteiger partial charge is 0.290 e. The van der Waals surface area contributed by atoms with Crippen molar-refractivity contribution in [1.82, 2.24) is 0 Å².